The Morgan fingerprint density at radius 1 is 1.20 bits per heavy atom. The summed E-state index contributed by atoms with van der Waals surface area (Å²) in [6.45, 7) is 0. The quantitative estimate of drug-likeness (QED) is 0.735. The molecule has 6 nitrogen and oxygen atoms in total. The van der Waals surface area contributed by atoms with Crippen LogP contribution >= 0.6 is 0 Å². The highest BCUT2D eigenvalue weighted by atomic mass is 16.4. The van der Waals surface area contributed by atoms with E-state index in [0.29, 0.717) is 5.56 Å². The van der Waals surface area contributed by atoms with E-state index in [0.717, 1.165) is 0 Å². The van der Waals surface area contributed by atoms with Crippen LogP contribution in [0.2, 0.25) is 0 Å². The molecule has 6 heteroatoms. The zero-order chi connectivity index (χ0) is 14.5. The number of phenolic OH excluding ortho intramolecular Hbond substituents is 1. The standard InChI is InChI=1S/C14H12N2O4/c17-12-5-4-9(8-13(18)19)7-11(12)16-14(20)10-3-1-2-6-15-10/h1-7,17H,8H2,(H,16,20)(H,18,19). The lowest BCUT2D eigenvalue weighted by atomic mass is 10.1. The predicted molar refractivity (Wildman–Crippen MR) is 71.6 cm³/mol. The van der Waals surface area contributed by atoms with Crippen molar-refractivity contribution in [2.24, 2.45) is 0 Å². The highest BCUT2D eigenvalue weighted by Gasteiger charge is 2.11. The number of nitrogens with zero attached hydrogens (tertiary/aromatic N) is 1. The van der Waals surface area contributed by atoms with E-state index in [1.807, 2.05) is 0 Å². The van der Waals surface area contributed by atoms with Crippen molar-refractivity contribution in [1.29, 1.82) is 0 Å². The van der Waals surface area contributed by atoms with Gasteiger partial charge in [0.2, 0.25) is 0 Å². The van der Waals surface area contributed by atoms with Crippen molar-refractivity contribution in [3.8, 4) is 5.75 Å². The molecular weight excluding hydrogens is 260 g/mol. The minimum absolute atomic E-state index is 0.136. The van der Waals surface area contributed by atoms with Gasteiger partial charge in [-0.15, -0.1) is 0 Å². The smallest absolute Gasteiger partial charge is 0.307 e. The van der Waals surface area contributed by atoms with Crippen LogP contribution in [-0.4, -0.2) is 27.1 Å². The minimum atomic E-state index is -0.988. The third kappa shape index (κ3) is 3.32. The van der Waals surface area contributed by atoms with Crippen molar-refractivity contribution in [2.75, 3.05) is 5.32 Å². The second-order valence-corrected chi connectivity index (χ2v) is 4.09. The molecule has 0 bridgehead atoms. The lowest BCUT2D eigenvalue weighted by molar-refractivity contribution is -0.136. The second-order valence-electron chi connectivity index (χ2n) is 4.09. The summed E-state index contributed by atoms with van der Waals surface area (Å²) in [6, 6.07) is 9.13. The molecule has 2 aromatic rings. The van der Waals surface area contributed by atoms with Crippen molar-refractivity contribution in [3.05, 3.63) is 53.9 Å². The van der Waals surface area contributed by atoms with Gasteiger partial charge in [0, 0.05) is 6.20 Å². The van der Waals surface area contributed by atoms with Gasteiger partial charge in [0.1, 0.15) is 11.4 Å². The zero-order valence-corrected chi connectivity index (χ0v) is 10.4. The van der Waals surface area contributed by atoms with E-state index in [1.165, 1.54) is 30.5 Å². The number of phenols is 1. The maximum absolute atomic E-state index is 11.9. The predicted octanol–water partition coefficient (Wildman–Crippen LogP) is 1.67. The molecule has 0 saturated heterocycles. The first-order chi connectivity index (χ1) is 9.56. The summed E-state index contributed by atoms with van der Waals surface area (Å²) in [5.41, 5.74) is 0.835. The van der Waals surface area contributed by atoms with Gasteiger partial charge in [0.15, 0.2) is 0 Å². The van der Waals surface area contributed by atoms with E-state index in [4.69, 9.17) is 5.11 Å². The number of hydrogen-bond donors (Lipinski definition) is 3. The number of nitrogens with one attached hydrogen (secondary N) is 1. The third-order valence-electron chi connectivity index (χ3n) is 2.56. The summed E-state index contributed by atoms with van der Waals surface area (Å²) in [5.74, 6) is -1.60. The van der Waals surface area contributed by atoms with Crippen LogP contribution in [0.1, 0.15) is 16.1 Å². The Hall–Kier alpha value is -2.89. The highest BCUT2D eigenvalue weighted by molar-refractivity contribution is 6.03. The van der Waals surface area contributed by atoms with Crippen LogP contribution in [0.5, 0.6) is 5.75 Å². The first-order valence-corrected chi connectivity index (χ1v) is 5.82. The first-order valence-electron chi connectivity index (χ1n) is 5.82. The number of pyridine rings is 1. The molecule has 0 radical (unpaired) electrons. The fourth-order valence-corrected chi connectivity index (χ4v) is 1.65. The second kappa shape index (κ2) is 5.83. The number of aromatic nitrogens is 1. The number of carboxylic acids is 1. The first kappa shape index (κ1) is 13.5. The van der Waals surface area contributed by atoms with Crippen molar-refractivity contribution in [3.63, 3.8) is 0 Å². The maximum atomic E-state index is 11.9. The zero-order valence-electron chi connectivity index (χ0n) is 10.4. The molecule has 3 N–H and O–H groups in total. The molecular formula is C14H12N2O4. The maximum Gasteiger partial charge on any atom is 0.307 e. The van der Waals surface area contributed by atoms with Crippen molar-refractivity contribution >= 4 is 17.6 Å². The van der Waals surface area contributed by atoms with E-state index < -0.39 is 11.9 Å². The molecule has 0 unspecified atom stereocenters. The number of benzene rings is 1. The minimum Gasteiger partial charge on any atom is -0.506 e. The summed E-state index contributed by atoms with van der Waals surface area (Å²) in [6.07, 6.45) is 1.29. The lowest BCUT2D eigenvalue weighted by Gasteiger charge is -2.08. The van der Waals surface area contributed by atoms with E-state index >= 15 is 0 Å². The Morgan fingerprint density at radius 3 is 2.65 bits per heavy atom. The molecule has 0 aliphatic carbocycles. The Kier molecular flexibility index (Phi) is 3.95. The van der Waals surface area contributed by atoms with Gasteiger partial charge >= 0.3 is 5.97 Å². The molecule has 1 amide bonds. The fraction of sp³-hybridized carbons (Fsp3) is 0.0714. The molecule has 0 atom stereocenters. The monoisotopic (exact) mass is 272 g/mol. The number of hydrogen-bond acceptors (Lipinski definition) is 4. The molecule has 102 valence electrons. The van der Waals surface area contributed by atoms with Gasteiger partial charge < -0.3 is 15.5 Å². The van der Waals surface area contributed by atoms with Gasteiger partial charge in [-0.1, -0.05) is 12.1 Å². The molecule has 0 aliphatic rings. The number of aromatic hydroxyl groups is 1. The number of anilines is 1. The largest absolute Gasteiger partial charge is 0.506 e. The molecule has 1 aromatic heterocycles. The van der Waals surface area contributed by atoms with Crippen LogP contribution in [0.3, 0.4) is 0 Å². The number of aliphatic carboxylic acids is 1. The summed E-state index contributed by atoms with van der Waals surface area (Å²) >= 11 is 0. The normalized spacial score (nSPS) is 10.0. The van der Waals surface area contributed by atoms with Gasteiger partial charge in [-0.05, 0) is 29.8 Å². The van der Waals surface area contributed by atoms with Gasteiger partial charge in [-0.25, -0.2) is 0 Å². The van der Waals surface area contributed by atoms with Crippen molar-refractivity contribution in [2.45, 2.75) is 6.42 Å². The van der Waals surface area contributed by atoms with E-state index in [-0.39, 0.29) is 23.6 Å². The number of carboxylic acid groups (broad SMARTS) is 1. The Bertz CT molecular complexity index is 641. The van der Waals surface area contributed by atoms with Crippen molar-refractivity contribution in [1.82, 2.24) is 4.98 Å². The van der Waals surface area contributed by atoms with Crippen LogP contribution in [0.15, 0.2) is 42.6 Å². The van der Waals surface area contributed by atoms with Crippen LogP contribution in [0, 0.1) is 0 Å². The number of amides is 1. The average Bonchev–Trinajstić information content (AvgIpc) is 2.43. The molecule has 0 saturated carbocycles. The van der Waals surface area contributed by atoms with E-state index in [9.17, 15) is 14.7 Å². The number of carbonyl (C=O) groups excluding carboxylic acids is 1. The van der Waals surface area contributed by atoms with Crippen molar-refractivity contribution < 1.29 is 19.8 Å². The molecule has 20 heavy (non-hydrogen) atoms. The molecule has 2 rings (SSSR count). The van der Waals surface area contributed by atoms with Gasteiger partial charge in [0.25, 0.3) is 5.91 Å². The van der Waals surface area contributed by atoms with Gasteiger partial charge in [-0.2, -0.15) is 0 Å². The summed E-state index contributed by atoms with van der Waals surface area (Å²) < 4.78 is 0. The Morgan fingerprint density at radius 2 is 2.00 bits per heavy atom. The summed E-state index contributed by atoms with van der Waals surface area (Å²) in [4.78, 5) is 26.4. The van der Waals surface area contributed by atoms with Gasteiger partial charge in [0.05, 0.1) is 12.1 Å². The third-order valence-corrected chi connectivity index (χ3v) is 2.56. The topological polar surface area (TPSA) is 99.5 Å². The number of carbonyl (C=O) groups is 2. The lowest BCUT2D eigenvalue weighted by Crippen LogP contribution is -2.13. The van der Waals surface area contributed by atoms with Crippen LogP contribution < -0.4 is 5.32 Å². The summed E-state index contributed by atoms with van der Waals surface area (Å²) in [5, 5.41) is 20.9. The van der Waals surface area contributed by atoms with Gasteiger partial charge in [-0.3, -0.25) is 14.6 Å². The van der Waals surface area contributed by atoms with Crippen LogP contribution in [0.4, 0.5) is 5.69 Å². The molecule has 0 aliphatic heterocycles. The fourth-order valence-electron chi connectivity index (χ4n) is 1.65. The Balaban J connectivity index is 2.20. The SMILES string of the molecule is O=C(O)Cc1ccc(O)c(NC(=O)c2ccccn2)c1. The molecule has 0 fully saturated rings. The molecule has 1 aromatic carbocycles. The van der Waals surface area contributed by atoms with E-state index in [1.54, 1.807) is 12.1 Å². The molecule has 0 spiro atoms. The Labute approximate surface area is 114 Å². The molecule has 1 heterocycles. The summed E-state index contributed by atoms with van der Waals surface area (Å²) in [7, 11) is 0. The van der Waals surface area contributed by atoms with Crippen LogP contribution in [0.25, 0.3) is 0 Å². The average molecular weight is 272 g/mol. The number of rotatable bonds is 4. The van der Waals surface area contributed by atoms with Crippen LogP contribution in [-0.2, 0) is 11.2 Å². The highest BCUT2D eigenvalue weighted by Crippen LogP contribution is 2.24. The van der Waals surface area contributed by atoms with E-state index in [2.05, 4.69) is 10.3 Å².